The number of ether oxygens (including phenoxy) is 1. The fourth-order valence-corrected chi connectivity index (χ4v) is 4.49. The molecule has 172 valence electrons. The van der Waals surface area contributed by atoms with E-state index >= 15 is 0 Å². The Morgan fingerprint density at radius 1 is 0.938 bits per heavy atom. The number of carbonyl (C=O) groups is 1. The minimum atomic E-state index is -0.836. The molecule has 6 nitrogen and oxygen atoms in total. The molecule has 2 fully saturated rings. The Kier molecular flexibility index (Phi) is 6.97. The van der Waals surface area contributed by atoms with Crippen LogP contribution in [0.1, 0.15) is 12.8 Å². The molecule has 2 N–H and O–H groups in total. The molecule has 0 saturated carbocycles. The average Bonchev–Trinajstić information content (AvgIpc) is 3.48. The van der Waals surface area contributed by atoms with Crippen LogP contribution in [0.15, 0.2) is 42.5 Å². The van der Waals surface area contributed by atoms with E-state index in [1.165, 1.54) is 6.07 Å². The zero-order chi connectivity index (χ0) is 22.5. The van der Waals surface area contributed by atoms with Crippen molar-refractivity contribution in [3.63, 3.8) is 0 Å². The van der Waals surface area contributed by atoms with E-state index in [0.29, 0.717) is 31.2 Å². The van der Waals surface area contributed by atoms with Crippen molar-refractivity contribution in [2.45, 2.75) is 12.8 Å². The Hall–Kier alpha value is -3.03. The number of benzene rings is 2. The molecule has 0 bridgehead atoms. The Morgan fingerprint density at radius 3 is 2.16 bits per heavy atom. The van der Waals surface area contributed by atoms with Crippen LogP contribution in [0.2, 0.25) is 0 Å². The SMILES string of the molecule is COc1cccc(N2CCC(CNC(=O)NCC3CCN(c4ccc(F)c(F)c4)C3)C2)c1. The van der Waals surface area contributed by atoms with Crippen LogP contribution in [0.3, 0.4) is 0 Å². The Bertz CT molecular complexity index is 942. The summed E-state index contributed by atoms with van der Waals surface area (Å²) in [5.74, 6) is -0.137. The minimum absolute atomic E-state index is 0.156. The van der Waals surface area contributed by atoms with Crippen molar-refractivity contribution < 1.29 is 18.3 Å². The van der Waals surface area contributed by atoms with Crippen LogP contribution >= 0.6 is 0 Å². The summed E-state index contributed by atoms with van der Waals surface area (Å²) in [7, 11) is 1.67. The van der Waals surface area contributed by atoms with Gasteiger partial charge in [-0.25, -0.2) is 13.6 Å². The van der Waals surface area contributed by atoms with Gasteiger partial charge in [0.1, 0.15) is 5.75 Å². The number of nitrogens with one attached hydrogen (secondary N) is 2. The molecule has 32 heavy (non-hydrogen) atoms. The molecular weight excluding hydrogens is 414 g/mol. The third-order valence-corrected chi connectivity index (χ3v) is 6.36. The molecule has 2 aliphatic heterocycles. The van der Waals surface area contributed by atoms with E-state index in [1.54, 1.807) is 13.2 Å². The largest absolute Gasteiger partial charge is 0.497 e. The second kappa shape index (κ2) is 10.1. The van der Waals surface area contributed by atoms with Crippen LogP contribution in [0.5, 0.6) is 5.75 Å². The number of halogens is 2. The normalized spacial score (nSPS) is 20.5. The van der Waals surface area contributed by atoms with Crippen LogP contribution in [0.4, 0.5) is 25.0 Å². The number of urea groups is 1. The predicted molar refractivity (Wildman–Crippen MR) is 121 cm³/mol. The van der Waals surface area contributed by atoms with Gasteiger partial charge in [-0.05, 0) is 48.9 Å². The maximum atomic E-state index is 13.5. The monoisotopic (exact) mass is 444 g/mol. The summed E-state index contributed by atoms with van der Waals surface area (Å²) in [5, 5.41) is 5.95. The second-order valence-electron chi connectivity index (χ2n) is 8.59. The lowest BCUT2D eigenvalue weighted by atomic mass is 10.1. The second-order valence-corrected chi connectivity index (χ2v) is 8.59. The number of hydrogen-bond donors (Lipinski definition) is 2. The highest BCUT2D eigenvalue weighted by atomic mass is 19.2. The highest BCUT2D eigenvalue weighted by molar-refractivity contribution is 5.73. The molecule has 2 atom stereocenters. The van der Waals surface area contributed by atoms with Gasteiger partial charge in [-0.2, -0.15) is 0 Å². The van der Waals surface area contributed by atoms with Crippen LogP contribution in [-0.4, -0.2) is 52.4 Å². The topological polar surface area (TPSA) is 56.8 Å². The summed E-state index contributed by atoms with van der Waals surface area (Å²) >= 11 is 0. The van der Waals surface area contributed by atoms with E-state index in [-0.39, 0.29) is 11.9 Å². The van der Waals surface area contributed by atoms with E-state index < -0.39 is 11.6 Å². The number of amides is 2. The number of hydrogen-bond acceptors (Lipinski definition) is 4. The number of anilines is 2. The van der Waals surface area contributed by atoms with Crippen molar-refractivity contribution >= 4 is 17.4 Å². The lowest BCUT2D eigenvalue weighted by molar-refractivity contribution is 0.237. The number of nitrogens with zero attached hydrogens (tertiary/aromatic N) is 2. The summed E-state index contributed by atoms with van der Waals surface area (Å²) < 4.78 is 31.9. The molecule has 4 rings (SSSR count). The molecule has 2 aromatic rings. The standard InChI is InChI=1S/C24H30F2N4O2/c1-32-21-4-2-3-19(11-21)29-9-7-17(15-29)13-27-24(31)28-14-18-8-10-30(16-18)20-5-6-22(25)23(26)12-20/h2-6,11-12,17-18H,7-10,13-16H2,1H3,(H2,27,28,31). The van der Waals surface area contributed by atoms with Gasteiger partial charge in [0.25, 0.3) is 0 Å². The summed E-state index contributed by atoms with van der Waals surface area (Å²) in [6.45, 7) is 4.54. The average molecular weight is 445 g/mol. The van der Waals surface area contributed by atoms with Gasteiger partial charge in [-0.3, -0.25) is 0 Å². The van der Waals surface area contributed by atoms with E-state index in [9.17, 15) is 13.6 Å². The van der Waals surface area contributed by atoms with Crippen molar-refractivity contribution in [3.05, 3.63) is 54.1 Å². The summed E-state index contributed by atoms with van der Waals surface area (Å²) in [6, 6.07) is 11.9. The molecule has 2 aromatic carbocycles. The molecule has 8 heteroatoms. The first-order valence-electron chi connectivity index (χ1n) is 11.1. The molecule has 2 amide bonds. The number of methoxy groups -OCH3 is 1. The van der Waals surface area contributed by atoms with Crippen LogP contribution < -0.4 is 25.2 Å². The van der Waals surface area contributed by atoms with Gasteiger partial charge < -0.3 is 25.2 Å². The zero-order valence-electron chi connectivity index (χ0n) is 18.3. The quantitative estimate of drug-likeness (QED) is 0.685. The maximum Gasteiger partial charge on any atom is 0.314 e. The smallest absolute Gasteiger partial charge is 0.314 e. The lowest BCUT2D eigenvalue weighted by Crippen LogP contribution is -2.41. The minimum Gasteiger partial charge on any atom is -0.497 e. The molecule has 2 aliphatic rings. The molecular formula is C24H30F2N4O2. The molecule has 0 aromatic heterocycles. The summed E-state index contributed by atoms with van der Waals surface area (Å²) in [6.07, 6.45) is 1.93. The van der Waals surface area contributed by atoms with E-state index in [4.69, 9.17) is 4.74 Å². The number of carbonyl (C=O) groups excluding carboxylic acids is 1. The van der Waals surface area contributed by atoms with Crippen LogP contribution in [-0.2, 0) is 0 Å². The number of rotatable bonds is 7. The van der Waals surface area contributed by atoms with Gasteiger partial charge in [-0.15, -0.1) is 0 Å². The third kappa shape index (κ3) is 5.41. The fraction of sp³-hybridized carbons (Fsp3) is 0.458. The van der Waals surface area contributed by atoms with E-state index in [0.717, 1.165) is 50.0 Å². The van der Waals surface area contributed by atoms with Gasteiger partial charge >= 0.3 is 6.03 Å². The first kappa shape index (κ1) is 22.2. The fourth-order valence-electron chi connectivity index (χ4n) is 4.49. The van der Waals surface area contributed by atoms with Crippen molar-refractivity contribution in [1.29, 1.82) is 0 Å². The maximum absolute atomic E-state index is 13.5. The van der Waals surface area contributed by atoms with E-state index in [2.05, 4.69) is 21.6 Å². The molecule has 2 unspecified atom stereocenters. The van der Waals surface area contributed by atoms with Gasteiger partial charge in [0, 0.05) is 62.8 Å². The Morgan fingerprint density at radius 2 is 1.56 bits per heavy atom. The van der Waals surface area contributed by atoms with Crippen LogP contribution in [0.25, 0.3) is 0 Å². The molecule has 2 saturated heterocycles. The molecule has 2 heterocycles. The van der Waals surface area contributed by atoms with Crippen LogP contribution in [0, 0.1) is 23.5 Å². The Labute approximate surface area is 187 Å². The van der Waals surface area contributed by atoms with Crippen molar-refractivity contribution in [3.8, 4) is 5.75 Å². The van der Waals surface area contributed by atoms with Gasteiger partial charge in [0.2, 0.25) is 0 Å². The van der Waals surface area contributed by atoms with Gasteiger partial charge in [-0.1, -0.05) is 6.07 Å². The van der Waals surface area contributed by atoms with E-state index in [1.807, 2.05) is 23.1 Å². The molecule has 0 spiro atoms. The van der Waals surface area contributed by atoms with Gasteiger partial charge in [0.15, 0.2) is 11.6 Å². The predicted octanol–water partition coefficient (Wildman–Crippen LogP) is 3.63. The Balaban J connectivity index is 1.16. The van der Waals surface area contributed by atoms with Crippen molar-refractivity contribution in [2.24, 2.45) is 11.8 Å². The van der Waals surface area contributed by atoms with Crippen molar-refractivity contribution in [1.82, 2.24) is 10.6 Å². The molecule has 0 aliphatic carbocycles. The van der Waals surface area contributed by atoms with Crippen molar-refractivity contribution in [2.75, 3.05) is 56.2 Å². The third-order valence-electron chi connectivity index (χ3n) is 6.36. The highest BCUT2D eigenvalue weighted by Gasteiger charge is 2.25. The first-order chi connectivity index (χ1) is 15.5. The highest BCUT2D eigenvalue weighted by Crippen LogP contribution is 2.27. The summed E-state index contributed by atoms with van der Waals surface area (Å²) in [5.41, 5.74) is 1.82. The zero-order valence-corrected chi connectivity index (χ0v) is 18.3. The summed E-state index contributed by atoms with van der Waals surface area (Å²) in [4.78, 5) is 16.6. The van der Waals surface area contributed by atoms with Gasteiger partial charge in [0.05, 0.1) is 7.11 Å². The first-order valence-corrected chi connectivity index (χ1v) is 11.1. The lowest BCUT2D eigenvalue weighted by Gasteiger charge is -2.20. The molecule has 0 radical (unpaired) electrons.